The molecule has 3 aromatic carbocycles. The quantitative estimate of drug-likeness (QED) is 0.265. The average molecular weight is 684 g/mol. The molecule has 250 valence electrons. The highest BCUT2D eigenvalue weighted by Gasteiger charge is 2.31. The second kappa shape index (κ2) is 15.2. The van der Waals surface area contributed by atoms with Gasteiger partial charge in [-0.05, 0) is 86.3 Å². The molecule has 11 nitrogen and oxygen atoms in total. The van der Waals surface area contributed by atoms with Crippen LogP contribution in [0.5, 0.6) is 5.75 Å². The molecule has 4 N–H and O–H groups in total. The molecule has 3 aromatic rings. The van der Waals surface area contributed by atoms with E-state index in [2.05, 4.69) is 15.4 Å². The molecular formula is C30H36F3N5O6S2. The molecule has 5 rings (SSSR count). The number of carbonyl (C=O) groups is 1. The molecule has 0 unspecified atom stereocenters. The fourth-order valence-corrected chi connectivity index (χ4v) is 8.09. The van der Waals surface area contributed by atoms with Crippen molar-refractivity contribution in [1.29, 1.82) is 0 Å². The summed E-state index contributed by atoms with van der Waals surface area (Å²) in [5.74, 6) is -0.413. The van der Waals surface area contributed by atoms with Crippen molar-refractivity contribution in [3.63, 3.8) is 0 Å². The first-order valence-electron chi connectivity index (χ1n) is 14.6. The van der Waals surface area contributed by atoms with Gasteiger partial charge in [0.15, 0.2) is 0 Å². The summed E-state index contributed by atoms with van der Waals surface area (Å²) in [7, 11) is -6.97. The molecule has 0 aromatic heterocycles. The maximum absolute atomic E-state index is 12.8. The van der Waals surface area contributed by atoms with E-state index >= 15 is 0 Å². The lowest BCUT2D eigenvalue weighted by atomic mass is 10.2. The maximum Gasteiger partial charge on any atom is 0.573 e. The highest BCUT2D eigenvalue weighted by atomic mass is 32.2. The van der Waals surface area contributed by atoms with Gasteiger partial charge < -0.3 is 21.1 Å². The number of ether oxygens (including phenoxy) is 1. The monoisotopic (exact) mass is 683 g/mol. The Morgan fingerprint density at radius 2 is 1.15 bits per heavy atom. The number of nitrogens with two attached hydrogens (primary N) is 1. The SMILES string of the molecule is Nc1cccc(S(=O)(=O)N2CCCCC2)c1.O=C(Nc1ccc(OC(F)(F)F)cc1)Nc1cccc(S(=O)(=O)N2CCCCC2)c1. The van der Waals surface area contributed by atoms with Gasteiger partial charge >= 0.3 is 12.4 Å². The van der Waals surface area contributed by atoms with Gasteiger partial charge in [0.1, 0.15) is 5.75 Å². The predicted molar refractivity (Wildman–Crippen MR) is 168 cm³/mol. The molecule has 46 heavy (non-hydrogen) atoms. The lowest BCUT2D eigenvalue weighted by molar-refractivity contribution is -0.274. The van der Waals surface area contributed by atoms with Crippen molar-refractivity contribution < 1.29 is 39.5 Å². The molecule has 2 aliphatic heterocycles. The summed E-state index contributed by atoms with van der Waals surface area (Å²) in [5, 5.41) is 4.97. The number of carbonyl (C=O) groups excluding carboxylic acids is 1. The summed E-state index contributed by atoms with van der Waals surface area (Å²) in [6.07, 6.45) is 0.827. The van der Waals surface area contributed by atoms with E-state index in [1.54, 1.807) is 22.5 Å². The van der Waals surface area contributed by atoms with Crippen LogP contribution in [0.3, 0.4) is 0 Å². The minimum atomic E-state index is -4.80. The van der Waals surface area contributed by atoms with E-state index in [4.69, 9.17) is 5.73 Å². The van der Waals surface area contributed by atoms with Gasteiger partial charge in [-0.15, -0.1) is 13.2 Å². The molecule has 0 spiro atoms. The van der Waals surface area contributed by atoms with Crippen molar-refractivity contribution in [2.45, 2.75) is 54.7 Å². The Morgan fingerprint density at radius 1 is 0.674 bits per heavy atom. The summed E-state index contributed by atoms with van der Waals surface area (Å²) in [4.78, 5) is 12.5. The van der Waals surface area contributed by atoms with E-state index in [1.807, 2.05) is 0 Å². The van der Waals surface area contributed by atoms with Crippen LogP contribution in [0.2, 0.25) is 0 Å². The first-order valence-corrected chi connectivity index (χ1v) is 17.5. The largest absolute Gasteiger partial charge is 0.573 e. The zero-order valence-electron chi connectivity index (χ0n) is 24.9. The van der Waals surface area contributed by atoms with E-state index < -0.39 is 38.2 Å². The molecule has 2 amide bonds. The number of piperidine rings is 2. The van der Waals surface area contributed by atoms with Gasteiger partial charge in [0.2, 0.25) is 20.0 Å². The number of nitrogens with zero attached hydrogens (tertiary/aromatic N) is 2. The Hall–Kier alpha value is -3.86. The zero-order valence-corrected chi connectivity index (χ0v) is 26.5. The van der Waals surface area contributed by atoms with Crippen LogP contribution in [-0.2, 0) is 20.0 Å². The van der Waals surface area contributed by atoms with Crippen LogP contribution >= 0.6 is 0 Å². The molecular weight excluding hydrogens is 647 g/mol. The van der Waals surface area contributed by atoms with Gasteiger partial charge in [0.05, 0.1) is 9.79 Å². The Kier molecular flexibility index (Phi) is 11.5. The molecule has 0 bridgehead atoms. The number of urea groups is 1. The van der Waals surface area contributed by atoms with Crippen LogP contribution in [0.1, 0.15) is 38.5 Å². The van der Waals surface area contributed by atoms with Gasteiger partial charge in [-0.1, -0.05) is 25.0 Å². The Morgan fingerprint density at radius 3 is 1.65 bits per heavy atom. The number of halogens is 3. The smallest absolute Gasteiger partial charge is 0.406 e. The van der Waals surface area contributed by atoms with Crippen molar-refractivity contribution in [2.24, 2.45) is 0 Å². The van der Waals surface area contributed by atoms with Crippen molar-refractivity contribution in [3.8, 4) is 5.75 Å². The zero-order chi connectivity index (χ0) is 33.4. The van der Waals surface area contributed by atoms with Crippen LogP contribution in [0.15, 0.2) is 82.6 Å². The Balaban J connectivity index is 0.000000252. The van der Waals surface area contributed by atoms with Gasteiger partial charge in [-0.25, -0.2) is 21.6 Å². The molecule has 0 saturated carbocycles. The Bertz CT molecular complexity index is 1690. The summed E-state index contributed by atoms with van der Waals surface area (Å²) >= 11 is 0. The van der Waals surface area contributed by atoms with Crippen LogP contribution < -0.4 is 21.1 Å². The number of nitrogen functional groups attached to an aromatic ring is 1. The molecule has 2 aliphatic rings. The summed E-state index contributed by atoms with van der Waals surface area (Å²) in [6, 6.07) is 16.3. The molecule has 2 fully saturated rings. The molecule has 0 aliphatic carbocycles. The number of anilines is 3. The minimum Gasteiger partial charge on any atom is -0.406 e. The summed E-state index contributed by atoms with van der Waals surface area (Å²) in [5.41, 5.74) is 6.59. The molecule has 2 heterocycles. The van der Waals surface area contributed by atoms with Crippen LogP contribution in [-0.4, -0.2) is 64.0 Å². The fourth-order valence-electron chi connectivity index (χ4n) is 4.95. The normalized spacial score (nSPS) is 16.5. The number of sulfonamides is 2. The third kappa shape index (κ3) is 9.82. The molecule has 0 atom stereocenters. The standard InChI is InChI=1S/C19H20F3N3O4S.C11H16N2O2S/c20-19(21,22)29-16-9-7-14(8-10-16)23-18(26)24-15-5-4-6-17(13-15)30(27,28)25-11-2-1-3-12-25;12-10-5-4-6-11(9-10)16(14,15)13-7-2-1-3-8-13/h4-10,13H,1-3,11-12H2,(H2,23,24,26);4-6,9H,1-3,7-8,12H2. The number of alkyl halides is 3. The first-order chi connectivity index (χ1) is 21.7. The number of hydrogen-bond donors (Lipinski definition) is 3. The van der Waals surface area contributed by atoms with Crippen LogP contribution in [0.4, 0.5) is 35.0 Å². The number of hydrogen-bond acceptors (Lipinski definition) is 7. The van der Waals surface area contributed by atoms with Gasteiger partial charge in [-0.2, -0.15) is 8.61 Å². The van der Waals surface area contributed by atoms with Crippen molar-refractivity contribution in [3.05, 3.63) is 72.8 Å². The lowest BCUT2D eigenvalue weighted by Gasteiger charge is -2.26. The van der Waals surface area contributed by atoms with E-state index in [-0.39, 0.29) is 16.3 Å². The predicted octanol–water partition coefficient (Wildman–Crippen LogP) is 5.85. The Labute approximate surface area is 266 Å². The van der Waals surface area contributed by atoms with E-state index in [1.165, 1.54) is 46.8 Å². The number of benzene rings is 3. The number of nitrogens with one attached hydrogen (secondary N) is 2. The second-order valence-corrected chi connectivity index (χ2v) is 14.6. The molecule has 0 radical (unpaired) electrons. The van der Waals surface area contributed by atoms with Gasteiger partial charge in [0, 0.05) is 43.2 Å². The lowest BCUT2D eigenvalue weighted by Crippen LogP contribution is -2.35. The number of amides is 2. The van der Waals surface area contributed by atoms with Crippen LogP contribution in [0, 0.1) is 0 Å². The number of rotatable bonds is 7. The average Bonchev–Trinajstić information content (AvgIpc) is 3.02. The van der Waals surface area contributed by atoms with Crippen LogP contribution in [0.25, 0.3) is 0 Å². The third-order valence-corrected chi connectivity index (χ3v) is 11.0. The van der Waals surface area contributed by atoms with E-state index in [0.717, 1.165) is 50.7 Å². The van der Waals surface area contributed by atoms with Gasteiger partial charge in [-0.3, -0.25) is 0 Å². The first kappa shape index (κ1) is 35.0. The van der Waals surface area contributed by atoms with Gasteiger partial charge in [0.25, 0.3) is 0 Å². The maximum atomic E-state index is 12.8. The molecule has 16 heteroatoms. The summed E-state index contributed by atoms with van der Waals surface area (Å²) < 4.78 is 93.2. The second-order valence-electron chi connectivity index (χ2n) is 10.7. The topological polar surface area (TPSA) is 151 Å². The molecule has 2 saturated heterocycles. The van der Waals surface area contributed by atoms with Crippen molar-refractivity contribution >= 4 is 43.1 Å². The van der Waals surface area contributed by atoms with Crippen molar-refractivity contribution in [2.75, 3.05) is 42.5 Å². The minimum absolute atomic E-state index is 0.0795. The highest BCUT2D eigenvalue weighted by molar-refractivity contribution is 7.89. The third-order valence-electron chi connectivity index (χ3n) is 7.20. The fraction of sp³-hybridized carbons (Fsp3) is 0.367. The van der Waals surface area contributed by atoms with E-state index in [0.29, 0.717) is 36.8 Å². The highest BCUT2D eigenvalue weighted by Crippen LogP contribution is 2.26. The summed E-state index contributed by atoms with van der Waals surface area (Å²) in [6.45, 7) is 2.18. The van der Waals surface area contributed by atoms with E-state index in [9.17, 15) is 34.8 Å². The van der Waals surface area contributed by atoms with Crippen molar-refractivity contribution in [1.82, 2.24) is 8.61 Å².